The molecule has 0 spiro atoms. The fourth-order valence-electron chi connectivity index (χ4n) is 3.23. The van der Waals surface area contributed by atoms with Crippen LogP contribution in [-0.2, 0) is 4.79 Å². The minimum Gasteiger partial charge on any atom is -0.362 e. The van der Waals surface area contributed by atoms with E-state index < -0.39 is 0 Å². The molecule has 0 bridgehead atoms. The van der Waals surface area contributed by atoms with Crippen LogP contribution in [0.5, 0.6) is 0 Å². The normalized spacial score (nSPS) is 13.5. The van der Waals surface area contributed by atoms with Gasteiger partial charge in [0.1, 0.15) is 0 Å². The van der Waals surface area contributed by atoms with Crippen LogP contribution in [0.1, 0.15) is 30.1 Å². The van der Waals surface area contributed by atoms with Crippen molar-refractivity contribution in [2.45, 2.75) is 19.8 Å². The minimum absolute atomic E-state index is 0.0399. The number of carbonyl (C=O) groups excluding carboxylic acids is 2. The SMILES string of the molecule is CCN(CC(=O)Nc1cccc(C(=O)N2CCCC2)c1)c1ccccc1. The van der Waals surface area contributed by atoms with Crippen LogP contribution in [0.3, 0.4) is 0 Å². The number of hydrogen-bond acceptors (Lipinski definition) is 3. The van der Waals surface area contributed by atoms with E-state index in [-0.39, 0.29) is 18.4 Å². The van der Waals surface area contributed by atoms with Crippen LogP contribution < -0.4 is 10.2 Å². The molecule has 3 rings (SSSR count). The molecule has 1 saturated heterocycles. The van der Waals surface area contributed by atoms with Gasteiger partial charge in [-0.15, -0.1) is 0 Å². The average Bonchev–Trinajstić information content (AvgIpc) is 3.21. The van der Waals surface area contributed by atoms with Crippen molar-refractivity contribution < 1.29 is 9.59 Å². The van der Waals surface area contributed by atoms with Crippen LogP contribution in [0.4, 0.5) is 11.4 Å². The molecule has 0 unspecified atom stereocenters. The monoisotopic (exact) mass is 351 g/mol. The summed E-state index contributed by atoms with van der Waals surface area (Å²) in [5.41, 5.74) is 2.30. The zero-order chi connectivity index (χ0) is 18.4. The molecule has 5 heteroatoms. The number of nitrogens with zero attached hydrogens (tertiary/aromatic N) is 2. The fourth-order valence-corrected chi connectivity index (χ4v) is 3.23. The van der Waals surface area contributed by atoms with E-state index >= 15 is 0 Å². The van der Waals surface area contributed by atoms with Crippen LogP contribution in [0.2, 0.25) is 0 Å². The highest BCUT2D eigenvalue weighted by Gasteiger charge is 2.19. The van der Waals surface area contributed by atoms with Gasteiger partial charge in [0.2, 0.25) is 5.91 Å². The number of anilines is 2. The van der Waals surface area contributed by atoms with Crippen molar-refractivity contribution in [3.63, 3.8) is 0 Å². The maximum Gasteiger partial charge on any atom is 0.253 e. The molecular weight excluding hydrogens is 326 g/mol. The highest BCUT2D eigenvalue weighted by molar-refractivity contribution is 5.98. The van der Waals surface area contributed by atoms with Crippen molar-refractivity contribution in [3.05, 3.63) is 60.2 Å². The molecule has 26 heavy (non-hydrogen) atoms. The Morgan fingerprint density at radius 2 is 1.77 bits per heavy atom. The van der Waals surface area contributed by atoms with Crippen LogP contribution in [0.15, 0.2) is 54.6 Å². The van der Waals surface area contributed by atoms with Crippen molar-refractivity contribution in [2.24, 2.45) is 0 Å². The second-order valence-electron chi connectivity index (χ2n) is 6.48. The molecule has 0 atom stereocenters. The first kappa shape index (κ1) is 18.0. The van der Waals surface area contributed by atoms with Gasteiger partial charge in [-0.3, -0.25) is 9.59 Å². The van der Waals surface area contributed by atoms with E-state index in [0.29, 0.717) is 11.3 Å². The third-order valence-electron chi connectivity index (χ3n) is 4.62. The molecular formula is C21H25N3O2. The van der Waals surface area contributed by atoms with Gasteiger partial charge in [-0.1, -0.05) is 24.3 Å². The van der Waals surface area contributed by atoms with E-state index in [2.05, 4.69) is 5.32 Å². The van der Waals surface area contributed by atoms with Gasteiger partial charge in [-0.2, -0.15) is 0 Å². The van der Waals surface area contributed by atoms with E-state index in [9.17, 15) is 9.59 Å². The molecule has 1 N–H and O–H groups in total. The van der Waals surface area contributed by atoms with Crippen molar-refractivity contribution in [1.29, 1.82) is 0 Å². The number of carbonyl (C=O) groups is 2. The first-order valence-corrected chi connectivity index (χ1v) is 9.16. The van der Waals surface area contributed by atoms with E-state index in [1.54, 1.807) is 12.1 Å². The molecule has 5 nitrogen and oxygen atoms in total. The average molecular weight is 351 g/mol. The standard InChI is InChI=1S/C21H25N3O2/c1-2-23(19-11-4-3-5-12-19)16-20(25)22-18-10-8-9-17(15-18)21(26)24-13-6-7-14-24/h3-5,8-12,15H,2,6-7,13-14,16H2,1H3,(H,22,25). The Bertz CT molecular complexity index is 755. The summed E-state index contributed by atoms with van der Waals surface area (Å²) in [5, 5.41) is 2.91. The summed E-state index contributed by atoms with van der Waals surface area (Å²) in [6.45, 7) is 4.67. The van der Waals surface area contributed by atoms with Crippen molar-refractivity contribution in [3.8, 4) is 0 Å². The number of amides is 2. The highest BCUT2D eigenvalue weighted by atomic mass is 16.2. The van der Waals surface area contributed by atoms with Crippen molar-refractivity contribution in [2.75, 3.05) is 36.4 Å². The Hall–Kier alpha value is -2.82. The quantitative estimate of drug-likeness (QED) is 0.868. The Morgan fingerprint density at radius 1 is 1.04 bits per heavy atom. The number of benzene rings is 2. The number of nitrogens with one attached hydrogen (secondary N) is 1. The zero-order valence-corrected chi connectivity index (χ0v) is 15.1. The largest absolute Gasteiger partial charge is 0.362 e. The van der Waals surface area contributed by atoms with Gasteiger partial charge >= 0.3 is 0 Å². The summed E-state index contributed by atoms with van der Waals surface area (Å²) >= 11 is 0. The molecule has 2 aromatic rings. The third-order valence-corrected chi connectivity index (χ3v) is 4.62. The molecule has 1 aliphatic rings. The molecule has 2 amide bonds. The van der Waals surface area contributed by atoms with Gasteiger partial charge in [-0.25, -0.2) is 0 Å². The third kappa shape index (κ3) is 4.42. The van der Waals surface area contributed by atoms with Gasteiger partial charge in [-0.05, 0) is 50.1 Å². The number of hydrogen-bond donors (Lipinski definition) is 1. The summed E-state index contributed by atoms with van der Waals surface area (Å²) in [6.07, 6.45) is 2.13. The molecule has 0 aliphatic carbocycles. The van der Waals surface area contributed by atoms with Gasteiger partial charge < -0.3 is 15.1 Å². The van der Waals surface area contributed by atoms with Crippen LogP contribution in [-0.4, -0.2) is 42.9 Å². The lowest BCUT2D eigenvalue weighted by atomic mass is 10.1. The summed E-state index contributed by atoms with van der Waals surface area (Å²) in [4.78, 5) is 28.8. The highest BCUT2D eigenvalue weighted by Crippen LogP contribution is 2.17. The maximum absolute atomic E-state index is 12.5. The Kier molecular flexibility index (Phi) is 5.89. The summed E-state index contributed by atoms with van der Waals surface area (Å²) in [5.74, 6) is -0.0560. The Balaban J connectivity index is 1.63. The van der Waals surface area contributed by atoms with Gasteiger partial charge in [0.15, 0.2) is 0 Å². The van der Waals surface area contributed by atoms with Crippen LogP contribution >= 0.6 is 0 Å². The van der Waals surface area contributed by atoms with Crippen LogP contribution in [0, 0.1) is 0 Å². The second-order valence-corrected chi connectivity index (χ2v) is 6.48. The maximum atomic E-state index is 12.5. The molecule has 1 fully saturated rings. The molecule has 0 aromatic heterocycles. The predicted octanol–water partition coefficient (Wildman–Crippen LogP) is 3.39. The molecule has 0 saturated carbocycles. The van der Waals surface area contributed by atoms with E-state index in [4.69, 9.17) is 0 Å². The minimum atomic E-state index is -0.0959. The lowest BCUT2D eigenvalue weighted by Gasteiger charge is -2.22. The van der Waals surface area contributed by atoms with Crippen LogP contribution in [0.25, 0.3) is 0 Å². The first-order chi connectivity index (χ1) is 12.7. The number of rotatable bonds is 6. The first-order valence-electron chi connectivity index (χ1n) is 9.16. The van der Waals surface area contributed by atoms with Gasteiger partial charge in [0.25, 0.3) is 5.91 Å². The summed E-state index contributed by atoms with van der Waals surface area (Å²) in [7, 11) is 0. The number of likely N-dealkylation sites (tertiary alicyclic amines) is 1. The molecule has 1 heterocycles. The van der Waals surface area contributed by atoms with Gasteiger partial charge in [0.05, 0.1) is 6.54 Å². The molecule has 0 radical (unpaired) electrons. The topological polar surface area (TPSA) is 52.7 Å². The Labute approximate surface area is 154 Å². The Morgan fingerprint density at radius 3 is 2.46 bits per heavy atom. The number of para-hydroxylation sites is 1. The molecule has 1 aliphatic heterocycles. The van der Waals surface area contributed by atoms with Crippen molar-refractivity contribution in [1.82, 2.24) is 4.90 Å². The fraction of sp³-hybridized carbons (Fsp3) is 0.333. The lowest BCUT2D eigenvalue weighted by Crippen LogP contribution is -2.33. The predicted molar refractivity (Wildman–Crippen MR) is 105 cm³/mol. The molecule has 136 valence electrons. The van der Waals surface area contributed by atoms with E-state index in [0.717, 1.165) is 38.2 Å². The van der Waals surface area contributed by atoms with Gasteiger partial charge in [0, 0.05) is 36.6 Å². The van der Waals surface area contributed by atoms with E-state index in [1.165, 1.54) is 0 Å². The second kappa shape index (κ2) is 8.52. The van der Waals surface area contributed by atoms with Crippen molar-refractivity contribution >= 4 is 23.2 Å². The summed E-state index contributed by atoms with van der Waals surface area (Å²) in [6, 6.07) is 17.1. The zero-order valence-electron chi connectivity index (χ0n) is 15.1. The number of likely N-dealkylation sites (N-methyl/N-ethyl adjacent to an activating group) is 1. The summed E-state index contributed by atoms with van der Waals surface area (Å²) < 4.78 is 0. The van der Waals surface area contributed by atoms with E-state index in [1.807, 2.05) is 59.2 Å². The molecule has 2 aromatic carbocycles. The smallest absolute Gasteiger partial charge is 0.253 e. The lowest BCUT2D eigenvalue weighted by molar-refractivity contribution is -0.115.